The van der Waals surface area contributed by atoms with Crippen LogP contribution in [0.2, 0.25) is 0 Å². The topological polar surface area (TPSA) is 105 Å². The van der Waals surface area contributed by atoms with Gasteiger partial charge in [0, 0.05) is 40.3 Å². The maximum absolute atomic E-state index is 15.6. The highest BCUT2D eigenvalue weighted by atomic mass is 19.1. The van der Waals surface area contributed by atoms with Crippen molar-refractivity contribution in [1.82, 2.24) is 0 Å². The summed E-state index contributed by atoms with van der Waals surface area (Å²) >= 11 is 0. The van der Waals surface area contributed by atoms with Gasteiger partial charge in [0.25, 0.3) is 0 Å². The van der Waals surface area contributed by atoms with E-state index in [1.807, 2.05) is 36.4 Å². The molecule has 0 heterocycles. The number of carbonyl (C=O) groups is 4. The van der Waals surface area contributed by atoms with Crippen molar-refractivity contribution in [2.24, 2.45) is 0 Å². The molecule has 0 bridgehead atoms. The Kier molecular flexibility index (Phi) is 12.0. The van der Waals surface area contributed by atoms with E-state index in [0.717, 1.165) is 11.1 Å². The number of esters is 4. The highest BCUT2D eigenvalue weighted by Crippen LogP contribution is 2.38. The van der Waals surface area contributed by atoms with Crippen LogP contribution >= 0.6 is 0 Å². The third kappa shape index (κ3) is 10.3. The van der Waals surface area contributed by atoms with Crippen molar-refractivity contribution >= 4 is 30.0 Å². The van der Waals surface area contributed by atoms with E-state index >= 15 is 4.39 Å². The first-order valence-corrected chi connectivity index (χ1v) is 15.8. The molecule has 8 nitrogen and oxygen atoms in total. The molecular formula is C42H37FO8. The number of carbonyl (C=O) groups excluding carboxylic acids is 4. The van der Waals surface area contributed by atoms with Crippen LogP contribution in [0.1, 0.15) is 51.2 Å². The smallest absolute Gasteiger partial charge is 0.338 e. The fourth-order valence-electron chi connectivity index (χ4n) is 4.62. The molecule has 9 heteroatoms. The van der Waals surface area contributed by atoms with E-state index in [1.54, 1.807) is 18.2 Å². The summed E-state index contributed by atoms with van der Waals surface area (Å²) in [5.41, 5.74) is 4.06. The summed E-state index contributed by atoms with van der Waals surface area (Å²) in [7, 11) is 0. The molecule has 0 spiro atoms. The van der Waals surface area contributed by atoms with Crippen molar-refractivity contribution in [3.63, 3.8) is 0 Å². The lowest BCUT2D eigenvalue weighted by molar-refractivity contribution is -0.131. The molecule has 0 fully saturated rings. The largest absolute Gasteiger partial charge is 0.423 e. The van der Waals surface area contributed by atoms with Crippen LogP contribution in [0.5, 0.6) is 23.0 Å². The molecule has 1 aliphatic rings. The third-order valence-corrected chi connectivity index (χ3v) is 7.36. The Morgan fingerprint density at radius 3 is 1.41 bits per heavy atom. The fourth-order valence-corrected chi connectivity index (χ4v) is 4.62. The number of hydrogen-bond acceptors (Lipinski definition) is 8. The Morgan fingerprint density at radius 1 is 0.608 bits per heavy atom. The van der Waals surface area contributed by atoms with Crippen LogP contribution in [-0.4, -0.2) is 23.9 Å². The summed E-state index contributed by atoms with van der Waals surface area (Å²) in [5, 5.41) is 0. The molecule has 0 amide bonds. The minimum atomic E-state index is -0.711. The SMILES string of the molecule is C=C(C)C(=O)Oc1cc(OC(=O)C(=C)C)cc(-c2ccc(/C=C/C3=CCC(c4cc(OC(=O)C(=C)C)cc(OC(=O)C(=C)C)c4)C(F)=C3)cc2)c1. The predicted octanol–water partition coefficient (Wildman–Crippen LogP) is 9.26. The lowest BCUT2D eigenvalue weighted by Crippen LogP contribution is -2.12. The molecule has 0 aromatic heterocycles. The first-order valence-electron chi connectivity index (χ1n) is 15.8. The Labute approximate surface area is 296 Å². The molecule has 4 rings (SSSR count). The van der Waals surface area contributed by atoms with Gasteiger partial charge in [-0.25, -0.2) is 23.6 Å². The summed E-state index contributed by atoms with van der Waals surface area (Å²) in [5.74, 6) is -3.20. The Balaban J connectivity index is 1.53. The maximum atomic E-state index is 15.6. The van der Waals surface area contributed by atoms with Gasteiger partial charge >= 0.3 is 23.9 Å². The zero-order valence-electron chi connectivity index (χ0n) is 28.8. The summed E-state index contributed by atoms with van der Waals surface area (Å²) in [6, 6.07) is 16.6. The summed E-state index contributed by atoms with van der Waals surface area (Å²) in [6.45, 7) is 20.4. The predicted molar refractivity (Wildman–Crippen MR) is 194 cm³/mol. The van der Waals surface area contributed by atoms with E-state index in [4.69, 9.17) is 18.9 Å². The van der Waals surface area contributed by atoms with Crippen LogP contribution in [0, 0.1) is 0 Å². The summed E-state index contributed by atoms with van der Waals surface area (Å²) in [4.78, 5) is 48.7. The minimum absolute atomic E-state index is 0.0830. The van der Waals surface area contributed by atoms with Crippen molar-refractivity contribution in [3.05, 3.63) is 150 Å². The molecule has 260 valence electrons. The van der Waals surface area contributed by atoms with Gasteiger partial charge in [-0.15, -0.1) is 0 Å². The summed E-state index contributed by atoms with van der Waals surface area (Å²) in [6.07, 6.45) is 7.19. The van der Waals surface area contributed by atoms with E-state index < -0.39 is 35.6 Å². The van der Waals surface area contributed by atoms with Crippen LogP contribution in [0.4, 0.5) is 4.39 Å². The molecule has 0 saturated heterocycles. The van der Waals surface area contributed by atoms with Crippen molar-refractivity contribution in [3.8, 4) is 34.1 Å². The maximum Gasteiger partial charge on any atom is 0.338 e. The van der Waals surface area contributed by atoms with Gasteiger partial charge in [-0.2, -0.15) is 0 Å². The fraction of sp³-hybridized carbons (Fsp3) is 0.143. The van der Waals surface area contributed by atoms with E-state index in [2.05, 4.69) is 26.3 Å². The van der Waals surface area contributed by atoms with Crippen molar-refractivity contribution < 1.29 is 42.5 Å². The van der Waals surface area contributed by atoms with E-state index in [9.17, 15) is 19.2 Å². The number of ether oxygens (including phenoxy) is 4. The van der Waals surface area contributed by atoms with Gasteiger partial charge in [0.15, 0.2) is 0 Å². The number of rotatable bonds is 12. The number of benzene rings is 3. The van der Waals surface area contributed by atoms with Gasteiger partial charge in [0.2, 0.25) is 0 Å². The monoisotopic (exact) mass is 688 g/mol. The highest BCUT2D eigenvalue weighted by molar-refractivity contribution is 5.91. The van der Waals surface area contributed by atoms with Gasteiger partial charge in [0.1, 0.15) is 28.8 Å². The molecule has 1 atom stereocenters. The first-order chi connectivity index (χ1) is 24.1. The standard InChI is InChI=1S/C42H37FO8/c1-24(2)39(44)48-33-18-31(19-34(22-33)49-40(45)25(3)4)30-14-11-28(12-15-30)9-10-29-13-16-37(38(43)17-29)32-20-35(50-41(46)26(5)6)23-36(21-32)51-42(47)27(7)8/h9-15,17-23,37H,1,3,5,7,16H2,2,4,6,8H3/b10-9+. The second kappa shape index (κ2) is 16.4. The van der Waals surface area contributed by atoms with Crippen molar-refractivity contribution in [2.45, 2.75) is 40.0 Å². The van der Waals surface area contributed by atoms with Gasteiger partial charge in [-0.05, 0) is 92.3 Å². The molecule has 3 aromatic rings. The van der Waals surface area contributed by atoms with Crippen LogP contribution in [0.25, 0.3) is 17.2 Å². The minimum Gasteiger partial charge on any atom is -0.423 e. The molecular weight excluding hydrogens is 651 g/mol. The Bertz CT molecular complexity index is 1970. The van der Waals surface area contributed by atoms with E-state index in [-0.39, 0.29) is 51.7 Å². The molecule has 1 aliphatic carbocycles. The zero-order valence-corrected chi connectivity index (χ0v) is 28.8. The van der Waals surface area contributed by atoms with Crippen LogP contribution in [-0.2, 0) is 19.2 Å². The highest BCUT2D eigenvalue weighted by Gasteiger charge is 2.23. The average molecular weight is 689 g/mol. The van der Waals surface area contributed by atoms with Gasteiger partial charge in [0.05, 0.1) is 0 Å². The number of hydrogen-bond donors (Lipinski definition) is 0. The molecule has 0 saturated carbocycles. The van der Waals surface area contributed by atoms with E-state index in [1.165, 1.54) is 58.0 Å². The normalized spacial score (nSPS) is 13.7. The molecule has 0 aliphatic heterocycles. The number of halogens is 1. The molecule has 0 N–H and O–H groups in total. The van der Waals surface area contributed by atoms with Crippen LogP contribution in [0.15, 0.2) is 139 Å². The van der Waals surface area contributed by atoms with Crippen LogP contribution < -0.4 is 18.9 Å². The van der Waals surface area contributed by atoms with Crippen molar-refractivity contribution in [2.75, 3.05) is 0 Å². The van der Waals surface area contributed by atoms with Crippen LogP contribution in [0.3, 0.4) is 0 Å². The van der Waals surface area contributed by atoms with Crippen molar-refractivity contribution in [1.29, 1.82) is 0 Å². The average Bonchev–Trinajstić information content (AvgIpc) is 3.07. The second-order valence-electron chi connectivity index (χ2n) is 12.1. The Morgan fingerprint density at radius 2 is 1.02 bits per heavy atom. The van der Waals surface area contributed by atoms with Gasteiger partial charge in [-0.3, -0.25) is 0 Å². The van der Waals surface area contributed by atoms with Gasteiger partial charge < -0.3 is 18.9 Å². The first kappa shape index (κ1) is 37.5. The lowest BCUT2D eigenvalue weighted by Gasteiger charge is -2.20. The van der Waals surface area contributed by atoms with E-state index in [0.29, 0.717) is 16.7 Å². The molecule has 1 unspecified atom stereocenters. The third-order valence-electron chi connectivity index (χ3n) is 7.36. The Hall–Kier alpha value is -6.35. The lowest BCUT2D eigenvalue weighted by atomic mass is 9.88. The molecule has 51 heavy (non-hydrogen) atoms. The quantitative estimate of drug-likeness (QED) is 0.105. The zero-order chi connectivity index (χ0) is 37.4. The van der Waals surface area contributed by atoms with Gasteiger partial charge in [-0.1, -0.05) is 68.8 Å². The molecule has 0 radical (unpaired) electrons. The molecule has 3 aromatic carbocycles. The second-order valence-corrected chi connectivity index (χ2v) is 12.1. The number of allylic oxidation sites excluding steroid dienone is 5. The summed E-state index contributed by atoms with van der Waals surface area (Å²) < 4.78 is 37.1.